The van der Waals surface area contributed by atoms with E-state index >= 15 is 0 Å². The number of hydrogen-bond acceptors (Lipinski definition) is 4. The van der Waals surface area contributed by atoms with Gasteiger partial charge in [-0.05, 0) is 49.7 Å². The van der Waals surface area contributed by atoms with Gasteiger partial charge in [-0.2, -0.15) is 0 Å². The summed E-state index contributed by atoms with van der Waals surface area (Å²) in [5.74, 6) is -0.272. The van der Waals surface area contributed by atoms with Crippen LogP contribution < -0.4 is 4.74 Å². The van der Waals surface area contributed by atoms with Gasteiger partial charge in [-0.25, -0.2) is 0 Å². The molecule has 112 valence electrons. The molecule has 0 radical (unpaired) electrons. The van der Waals surface area contributed by atoms with Crippen molar-refractivity contribution >= 4 is 18.0 Å². The van der Waals surface area contributed by atoms with Crippen molar-refractivity contribution in [3.05, 3.63) is 64.2 Å². The van der Waals surface area contributed by atoms with Gasteiger partial charge in [0.25, 0.3) is 0 Å². The van der Waals surface area contributed by atoms with Gasteiger partial charge in [-0.15, -0.1) is 0 Å². The summed E-state index contributed by atoms with van der Waals surface area (Å²) >= 11 is 0. The number of benzene rings is 2. The van der Waals surface area contributed by atoms with Crippen molar-refractivity contribution in [2.75, 3.05) is 0 Å². The fraction of sp³-hybridized carbons (Fsp3) is 0.167. The first-order valence-corrected chi connectivity index (χ1v) is 6.82. The zero-order valence-corrected chi connectivity index (χ0v) is 12.7. The molecule has 0 aliphatic rings. The van der Waals surface area contributed by atoms with E-state index in [1.165, 1.54) is 6.92 Å². The van der Waals surface area contributed by atoms with Crippen LogP contribution in [-0.4, -0.2) is 18.0 Å². The van der Waals surface area contributed by atoms with Crippen LogP contribution in [0.1, 0.15) is 44.3 Å². The monoisotopic (exact) mass is 296 g/mol. The van der Waals surface area contributed by atoms with E-state index in [0.29, 0.717) is 28.7 Å². The first-order valence-electron chi connectivity index (χ1n) is 6.82. The predicted molar refractivity (Wildman–Crippen MR) is 82.5 cm³/mol. The lowest BCUT2D eigenvalue weighted by Crippen LogP contribution is -2.08. The zero-order chi connectivity index (χ0) is 16.3. The SMILES string of the molecule is CC(=O)Oc1ccc(C(=O)c2c(C)cc(C)cc2C=O)cc1. The van der Waals surface area contributed by atoms with Crippen LogP contribution >= 0.6 is 0 Å². The van der Waals surface area contributed by atoms with Crippen molar-refractivity contribution in [3.63, 3.8) is 0 Å². The second-order valence-corrected chi connectivity index (χ2v) is 5.11. The average molecular weight is 296 g/mol. The molecule has 0 aromatic heterocycles. The summed E-state index contributed by atoms with van der Waals surface area (Å²) in [6, 6.07) is 9.83. The molecule has 0 spiro atoms. The summed E-state index contributed by atoms with van der Waals surface area (Å²) in [7, 11) is 0. The van der Waals surface area contributed by atoms with Gasteiger partial charge in [0.05, 0.1) is 0 Å². The number of rotatable bonds is 4. The Hall–Kier alpha value is -2.75. The summed E-state index contributed by atoms with van der Waals surface area (Å²) in [6.07, 6.45) is 0.695. The van der Waals surface area contributed by atoms with E-state index in [9.17, 15) is 14.4 Å². The molecule has 2 aromatic carbocycles. The maximum Gasteiger partial charge on any atom is 0.308 e. The van der Waals surface area contributed by atoms with Crippen LogP contribution in [0.5, 0.6) is 5.75 Å². The van der Waals surface area contributed by atoms with Crippen LogP contribution in [0.4, 0.5) is 0 Å². The maximum absolute atomic E-state index is 12.6. The Morgan fingerprint density at radius 2 is 1.68 bits per heavy atom. The first-order chi connectivity index (χ1) is 10.4. The molecule has 4 nitrogen and oxygen atoms in total. The van der Waals surface area contributed by atoms with E-state index in [0.717, 1.165) is 11.1 Å². The number of aryl methyl sites for hydroxylation is 2. The van der Waals surface area contributed by atoms with Gasteiger partial charge < -0.3 is 4.74 Å². The molecule has 0 unspecified atom stereocenters. The minimum atomic E-state index is -0.420. The lowest BCUT2D eigenvalue weighted by Gasteiger charge is -2.10. The number of ketones is 1. The normalized spacial score (nSPS) is 10.1. The fourth-order valence-electron chi connectivity index (χ4n) is 2.39. The summed E-state index contributed by atoms with van der Waals surface area (Å²) in [6.45, 7) is 4.99. The Bertz CT molecular complexity index is 742. The largest absolute Gasteiger partial charge is 0.427 e. The third-order valence-corrected chi connectivity index (χ3v) is 3.24. The minimum absolute atomic E-state index is 0.228. The third-order valence-electron chi connectivity index (χ3n) is 3.24. The fourth-order valence-corrected chi connectivity index (χ4v) is 2.39. The molecule has 0 amide bonds. The van der Waals surface area contributed by atoms with E-state index in [1.54, 1.807) is 37.3 Å². The molecule has 22 heavy (non-hydrogen) atoms. The van der Waals surface area contributed by atoms with Crippen LogP contribution in [0, 0.1) is 13.8 Å². The molecule has 0 aliphatic heterocycles. The smallest absolute Gasteiger partial charge is 0.308 e. The van der Waals surface area contributed by atoms with Gasteiger partial charge in [0.2, 0.25) is 0 Å². The lowest BCUT2D eigenvalue weighted by molar-refractivity contribution is -0.131. The van der Waals surface area contributed by atoms with Gasteiger partial charge in [0, 0.05) is 23.6 Å². The highest BCUT2D eigenvalue weighted by Crippen LogP contribution is 2.21. The second kappa shape index (κ2) is 6.35. The molecular weight excluding hydrogens is 280 g/mol. The number of hydrogen-bond donors (Lipinski definition) is 0. The van der Waals surface area contributed by atoms with Crippen molar-refractivity contribution in [3.8, 4) is 5.75 Å². The van der Waals surface area contributed by atoms with Gasteiger partial charge >= 0.3 is 5.97 Å². The van der Waals surface area contributed by atoms with Gasteiger partial charge in [-0.1, -0.05) is 11.6 Å². The van der Waals surface area contributed by atoms with Crippen LogP contribution in [0.2, 0.25) is 0 Å². The van der Waals surface area contributed by atoms with Crippen LogP contribution in [0.3, 0.4) is 0 Å². The van der Waals surface area contributed by atoms with E-state index < -0.39 is 5.97 Å². The number of aldehydes is 1. The van der Waals surface area contributed by atoms with Gasteiger partial charge in [0.1, 0.15) is 5.75 Å². The first kappa shape index (κ1) is 15.6. The Kier molecular flexibility index (Phi) is 4.51. The average Bonchev–Trinajstić information content (AvgIpc) is 2.46. The summed E-state index contributed by atoms with van der Waals surface area (Å²) in [5, 5.41) is 0. The van der Waals surface area contributed by atoms with E-state index in [1.807, 2.05) is 13.0 Å². The van der Waals surface area contributed by atoms with Gasteiger partial charge in [-0.3, -0.25) is 14.4 Å². The molecule has 0 saturated carbocycles. The molecule has 0 fully saturated rings. The summed E-state index contributed by atoms with van der Waals surface area (Å²) < 4.78 is 4.93. The number of ether oxygens (including phenoxy) is 1. The Morgan fingerprint density at radius 3 is 2.23 bits per heavy atom. The molecule has 2 aromatic rings. The van der Waals surface area contributed by atoms with E-state index in [2.05, 4.69) is 0 Å². The Labute approximate surface area is 128 Å². The van der Waals surface area contributed by atoms with Crippen LogP contribution in [0.25, 0.3) is 0 Å². The van der Waals surface area contributed by atoms with Crippen molar-refractivity contribution in [1.29, 1.82) is 0 Å². The quantitative estimate of drug-likeness (QED) is 0.376. The molecule has 0 saturated heterocycles. The Balaban J connectivity index is 2.40. The topological polar surface area (TPSA) is 60.4 Å². The minimum Gasteiger partial charge on any atom is -0.427 e. The molecule has 4 heteroatoms. The highest BCUT2D eigenvalue weighted by Gasteiger charge is 2.17. The highest BCUT2D eigenvalue weighted by atomic mass is 16.5. The number of carbonyl (C=O) groups is 3. The molecule has 2 rings (SSSR count). The maximum atomic E-state index is 12.6. The standard InChI is InChI=1S/C18H16O4/c1-11-8-12(2)17(15(9-11)10-19)18(21)14-4-6-16(7-5-14)22-13(3)20/h4-10H,1-3H3. The third kappa shape index (κ3) is 3.28. The highest BCUT2D eigenvalue weighted by molar-refractivity contribution is 6.13. The van der Waals surface area contributed by atoms with Crippen molar-refractivity contribution in [2.45, 2.75) is 20.8 Å². The summed E-state index contributed by atoms with van der Waals surface area (Å²) in [4.78, 5) is 34.7. The van der Waals surface area contributed by atoms with Gasteiger partial charge in [0.15, 0.2) is 12.1 Å². The molecule has 0 N–H and O–H groups in total. The molecule has 0 atom stereocenters. The predicted octanol–water partition coefficient (Wildman–Crippen LogP) is 3.27. The zero-order valence-electron chi connectivity index (χ0n) is 12.7. The van der Waals surface area contributed by atoms with Crippen LogP contribution in [-0.2, 0) is 4.79 Å². The number of carbonyl (C=O) groups excluding carboxylic acids is 3. The molecule has 0 bridgehead atoms. The molecule has 0 heterocycles. The van der Waals surface area contributed by atoms with Crippen molar-refractivity contribution < 1.29 is 19.1 Å². The van der Waals surface area contributed by atoms with E-state index in [4.69, 9.17) is 4.74 Å². The van der Waals surface area contributed by atoms with Crippen molar-refractivity contribution in [2.24, 2.45) is 0 Å². The second-order valence-electron chi connectivity index (χ2n) is 5.11. The summed E-state index contributed by atoms with van der Waals surface area (Å²) in [5.41, 5.74) is 2.91. The Morgan fingerprint density at radius 1 is 1.05 bits per heavy atom. The van der Waals surface area contributed by atoms with E-state index in [-0.39, 0.29) is 5.78 Å². The van der Waals surface area contributed by atoms with Crippen molar-refractivity contribution in [1.82, 2.24) is 0 Å². The number of esters is 1. The molecule has 0 aliphatic carbocycles. The van der Waals surface area contributed by atoms with Crippen LogP contribution in [0.15, 0.2) is 36.4 Å². The lowest BCUT2D eigenvalue weighted by atomic mass is 9.93. The molecular formula is C18H16O4.